The third kappa shape index (κ3) is 1.53. The molecule has 0 saturated heterocycles. The van der Waals surface area contributed by atoms with Crippen molar-refractivity contribution in [3.8, 4) is 0 Å². The Bertz CT molecular complexity index is 441. The molecule has 0 aliphatic rings. The summed E-state index contributed by atoms with van der Waals surface area (Å²) in [4.78, 5) is 0. The van der Waals surface area contributed by atoms with Gasteiger partial charge in [-0.15, -0.1) is 11.3 Å². The summed E-state index contributed by atoms with van der Waals surface area (Å²) >= 11 is 4.91. The minimum atomic E-state index is -1.39. The molecule has 0 amide bonds. The number of hydrogen-bond acceptors (Lipinski definition) is 3. The molecule has 2 aromatic rings. The molecular weight excluding hydrogens is 251 g/mol. The minimum Gasteiger partial charge on any atom is -0.423 e. The second-order valence-corrected chi connectivity index (χ2v) is 4.42. The Balaban J connectivity index is 2.75. The highest BCUT2D eigenvalue weighted by molar-refractivity contribution is 9.10. The molecule has 66 valence electrons. The number of fused-ring (bicyclic) bond motifs is 1. The standard InChI is InChI=1S/C8H6BBrO2S/c10-7-3-1-2-5-6(9(11)12)4-13-8(5)7/h1-4,11-12H. The average Bonchev–Trinajstić information content (AvgIpc) is 2.48. The summed E-state index contributed by atoms with van der Waals surface area (Å²) in [6.45, 7) is 0. The fourth-order valence-corrected chi connectivity index (χ4v) is 2.88. The van der Waals surface area contributed by atoms with Gasteiger partial charge in [-0.05, 0) is 32.8 Å². The van der Waals surface area contributed by atoms with Crippen LogP contribution in [0.2, 0.25) is 0 Å². The van der Waals surface area contributed by atoms with E-state index in [1.807, 2.05) is 18.2 Å². The van der Waals surface area contributed by atoms with E-state index in [1.54, 1.807) is 5.38 Å². The van der Waals surface area contributed by atoms with Crippen molar-refractivity contribution < 1.29 is 10.0 Å². The first-order chi connectivity index (χ1) is 6.20. The van der Waals surface area contributed by atoms with Gasteiger partial charge in [0.25, 0.3) is 0 Å². The Morgan fingerprint density at radius 2 is 2.08 bits per heavy atom. The first-order valence-electron chi connectivity index (χ1n) is 3.72. The summed E-state index contributed by atoms with van der Waals surface area (Å²) in [6.07, 6.45) is 0. The monoisotopic (exact) mass is 256 g/mol. The smallest absolute Gasteiger partial charge is 0.423 e. The van der Waals surface area contributed by atoms with Crippen LogP contribution in [0.5, 0.6) is 0 Å². The second-order valence-electron chi connectivity index (χ2n) is 2.68. The van der Waals surface area contributed by atoms with Crippen LogP contribution in [0.4, 0.5) is 0 Å². The van der Waals surface area contributed by atoms with Gasteiger partial charge in [-0.3, -0.25) is 0 Å². The van der Waals surface area contributed by atoms with Gasteiger partial charge < -0.3 is 10.0 Å². The molecule has 0 aliphatic carbocycles. The molecule has 1 heterocycles. The van der Waals surface area contributed by atoms with Gasteiger partial charge in [-0.2, -0.15) is 0 Å². The van der Waals surface area contributed by atoms with Gasteiger partial charge in [0, 0.05) is 14.6 Å². The zero-order valence-corrected chi connectivity index (χ0v) is 8.97. The second kappa shape index (κ2) is 3.42. The molecule has 5 heteroatoms. The van der Waals surface area contributed by atoms with E-state index in [1.165, 1.54) is 11.3 Å². The molecule has 2 nitrogen and oxygen atoms in total. The van der Waals surface area contributed by atoms with Gasteiger partial charge in [0.05, 0.1) is 0 Å². The van der Waals surface area contributed by atoms with E-state index in [9.17, 15) is 0 Å². The normalized spacial score (nSPS) is 10.7. The molecule has 0 spiro atoms. The van der Waals surface area contributed by atoms with E-state index in [2.05, 4.69) is 15.9 Å². The van der Waals surface area contributed by atoms with Crippen LogP contribution in [0, 0.1) is 0 Å². The Morgan fingerprint density at radius 1 is 1.31 bits per heavy atom. The lowest BCUT2D eigenvalue weighted by atomic mass is 9.80. The van der Waals surface area contributed by atoms with Crippen molar-refractivity contribution in [3.05, 3.63) is 28.1 Å². The molecule has 1 aromatic heterocycles. The summed E-state index contributed by atoms with van der Waals surface area (Å²) in [5.74, 6) is 0. The maximum Gasteiger partial charge on any atom is 0.489 e. The number of thiophene rings is 1. The molecular formula is C8H6BBrO2S. The molecule has 2 rings (SSSR count). The lowest BCUT2D eigenvalue weighted by Crippen LogP contribution is -2.28. The van der Waals surface area contributed by atoms with Crippen molar-refractivity contribution >= 4 is 49.9 Å². The summed E-state index contributed by atoms with van der Waals surface area (Å²) < 4.78 is 2.03. The van der Waals surface area contributed by atoms with Crippen LogP contribution >= 0.6 is 27.3 Å². The molecule has 0 atom stereocenters. The third-order valence-corrected chi connectivity index (χ3v) is 3.83. The van der Waals surface area contributed by atoms with E-state index < -0.39 is 7.12 Å². The van der Waals surface area contributed by atoms with Crippen LogP contribution in [0.25, 0.3) is 10.1 Å². The maximum atomic E-state index is 9.05. The maximum absolute atomic E-state index is 9.05. The van der Waals surface area contributed by atoms with E-state index in [0.717, 1.165) is 14.6 Å². The average molecular weight is 257 g/mol. The lowest BCUT2D eigenvalue weighted by Gasteiger charge is -1.96. The van der Waals surface area contributed by atoms with Gasteiger partial charge >= 0.3 is 7.12 Å². The molecule has 0 unspecified atom stereocenters. The summed E-state index contributed by atoms with van der Waals surface area (Å²) in [5, 5.41) is 20.8. The zero-order valence-electron chi connectivity index (χ0n) is 6.57. The van der Waals surface area contributed by atoms with Gasteiger partial charge in [0.2, 0.25) is 0 Å². The van der Waals surface area contributed by atoms with Gasteiger partial charge in [0.15, 0.2) is 0 Å². The van der Waals surface area contributed by atoms with Gasteiger partial charge in [0.1, 0.15) is 0 Å². The first kappa shape index (κ1) is 9.21. The minimum absolute atomic E-state index is 0.571. The number of halogens is 1. The SMILES string of the molecule is OB(O)c1csc2c(Br)cccc12. The van der Waals surface area contributed by atoms with Crippen LogP contribution in [0.1, 0.15) is 0 Å². The first-order valence-corrected chi connectivity index (χ1v) is 5.39. The van der Waals surface area contributed by atoms with E-state index in [4.69, 9.17) is 10.0 Å². The fraction of sp³-hybridized carbons (Fsp3) is 0. The Morgan fingerprint density at radius 3 is 2.77 bits per heavy atom. The van der Waals surface area contributed by atoms with Crippen LogP contribution in [-0.4, -0.2) is 17.2 Å². The van der Waals surface area contributed by atoms with E-state index in [-0.39, 0.29) is 0 Å². The molecule has 0 saturated carbocycles. The molecule has 0 aliphatic heterocycles. The van der Waals surface area contributed by atoms with Crippen molar-refractivity contribution in [2.24, 2.45) is 0 Å². The number of hydrogen-bond donors (Lipinski definition) is 2. The molecule has 0 radical (unpaired) electrons. The molecule has 2 N–H and O–H groups in total. The zero-order chi connectivity index (χ0) is 9.42. The highest BCUT2D eigenvalue weighted by Gasteiger charge is 2.16. The van der Waals surface area contributed by atoms with E-state index >= 15 is 0 Å². The number of rotatable bonds is 1. The third-order valence-electron chi connectivity index (χ3n) is 1.86. The molecule has 1 aromatic carbocycles. The highest BCUT2D eigenvalue weighted by Crippen LogP contribution is 2.27. The van der Waals surface area contributed by atoms with Crippen LogP contribution in [0.15, 0.2) is 28.1 Å². The Labute approximate surface area is 88.1 Å². The molecule has 0 bridgehead atoms. The molecule has 0 fully saturated rings. The Kier molecular flexibility index (Phi) is 2.42. The summed E-state index contributed by atoms with van der Waals surface area (Å²) in [7, 11) is -1.39. The van der Waals surface area contributed by atoms with Crippen LogP contribution in [0.3, 0.4) is 0 Å². The predicted molar refractivity (Wildman–Crippen MR) is 59.4 cm³/mol. The predicted octanol–water partition coefficient (Wildman–Crippen LogP) is 1.34. The van der Waals surface area contributed by atoms with Gasteiger partial charge in [-0.1, -0.05) is 12.1 Å². The topological polar surface area (TPSA) is 40.5 Å². The lowest BCUT2D eigenvalue weighted by molar-refractivity contribution is 0.426. The van der Waals surface area contributed by atoms with Gasteiger partial charge in [-0.25, -0.2) is 0 Å². The van der Waals surface area contributed by atoms with E-state index in [0.29, 0.717) is 5.46 Å². The summed E-state index contributed by atoms with van der Waals surface area (Å²) in [6, 6.07) is 5.70. The van der Waals surface area contributed by atoms with Crippen molar-refractivity contribution in [1.29, 1.82) is 0 Å². The summed E-state index contributed by atoms with van der Waals surface area (Å²) in [5.41, 5.74) is 0.571. The van der Waals surface area contributed by atoms with Crippen molar-refractivity contribution in [1.82, 2.24) is 0 Å². The highest BCUT2D eigenvalue weighted by atomic mass is 79.9. The number of benzene rings is 1. The molecule has 13 heavy (non-hydrogen) atoms. The fourth-order valence-electron chi connectivity index (χ4n) is 1.24. The van der Waals surface area contributed by atoms with Crippen molar-refractivity contribution in [3.63, 3.8) is 0 Å². The van der Waals surface area contributed by atoms with Crippen LogP contribution < -0.4 is 5.46 Å². The Hall–Kier alpha value is -0.355. The quantitative estimate of drug-likeness (QED) is 0.757. The van der Waals surface area contributed by atoms with Crippen molar-refractivity contribution in [2.75, 3.05) is 0 Å². The van der Waals surface area contributed by atoms with Crippen molar-refractivity contribution in [2.45, 2.75) is 0 Å². The largest absolute Gasteiger partial charge is 0.489 e. The van der Waals surface area contributed by atoms with Crippen LogP contribution in [-0.2, 0) is 0 Å².